The summed E-state index contributed by atoms with van der Waals surface area (Å²) in [6.07, 6.45) is 3.72. The van der Waals surface area contributed by atoms with Crippen LogP contribution in [0.5, 0.6) is 0 Å². The van der Waals surface area contributed by atoms with Gasteiger partial charge in [0.2, 0.25) is 0 Å². The molecule has 1 fully saturated rings. The minimum absolute atomic E-state index is 0.301. The summed E-state index contributed by atoms with van der Waals surface area (Å²) in [5.41, 5.74) is 2.25. The predicted octanol–water partition coefficient (Wildman–Crippen LogP) is 3.65. The van der Waals surface area contributed by atoms with E-state index in [1.54, 1.807) is 12.1 Å². The largest absolute Gasteiger partial charge is 0.378 e. The van der Waals surface area contributed by atoms with Crippen LogP contribution in [0.2, 0.25) is 0 Å². The normalized spacial score (nSPS) is 16.4. The Kier molecular flexibility index (Phi) is 3.72. The summed E-state index contributed by atoms with van der Waals surface area (Å²) >= 11 is 0. The van der Waals surface area contributed by atoms with Crippen LogP contribution in [0.1, 0.15) is 24.4 Å². The lowest BCUT2D eigenvalue weighted by atomic mass is 10.0. The van der Waals surface area contributed by atoms with E-state index in [9.17, 15) is 8.42 Å². The molecule has 1 aliphatic rings. The van der Waals surface area contributed by atoms with Crippen molar-refractivity contribution in [3.8, 4) is 0 Å². The molecule has 0 saturated heterocycles. The molecule has 0 aliphatic heterocycles. The SMILES string of the molecule is CS(=O)(=O)c1ccc(NC(c2ccccc2)C2CC2)cc1. The minimum Gasteiger partial charge on any atom is -0.378 e. The number of rotatable bonds is 5. The Morgan fingerprint density at radius 3 is 2.14 bits per heavy atom. The van der Waals surface area contributed by atoms with Crippen LogP contribution in [0.3, 0.4) is 0 Å². The average molecular weight is 301 g/mol. The van der Waals surface area contributed by atoms with E-state index < -0.39 is 9.84 Å². The summed E-state index contributed by atoms with van der Waals surface area (Å²) in [6, 6.07) is 17.7. The average Bonchev–Trinajstić information content (AvgIpc) is 3.30. The maximum atomic E-state index is 11.5. The molecule has 1 aliphatic carbocycles. The predicted molar refractivity (Wildman–Crippen MR) is 85.1 cm³/mol. The molecule has 0 heterocycles. The zero-order chi connectivity index (χ0) is 14.9. The summed E-state index contributed by atoms with van der Waals surface area (Å²) < 4.78 is 23.0. The van der Waals surface area contributed by atoms with Gasteiger partial charge in [0, 0.05) is 11.9 Å². The summed E-state index contributed by atoms with van der Waals surface area (Å²) in [7, 11) is -3.13. The molecule has 1 unspecified atom stereocenters. The van der Waals surface area contributed by atoms with Crippen molar-refractivity contribution in [2.24, 2.45) is 5.92 Å². The third-order valence-corrected chi connectivity index (χ3v) is 4.99. The standard InChI is InChI=1S/C17H19NO2S/c1-21(19,20)16-11-9-15(10-12-16)18-17(14-7-8-14)13-5-3-2-4-6-13/h2-6,9-12,14,17-18H,7-8H2,1H3. The van der Waals surface area contributed by atoms with Gasteiger partial charge in [0.05, 0.1) is 10.9 Å². The number of hydrogen-bond acceptors (Lipinski definition) is 3. The Morgan fingerprint density at radius 2 is 1.62 bits per heavy atom. The first-order chi connectivity index (χ1) is 10.0. The van der Waals surface area contributed by atoms with E-state index in [2.05, 4.69) is 29.6 Å². The molecular formula is C17H19NO2S. The molecule has 0 aromatic heterocycles. The highest BCUT2D eigenvalue weighted by molar-refractivity contribution is 7.90. The van der Waals surface area contributed by atoms with Gasteiger partial charge in [0.15, 0.2) is 9.84 Å². The molecule has 1 saturated carbocycles. The summed E-state index contributed by atoms with van der Waals surface area (Å²) in [6.45, 7) is 0. The molecule has 0 bridgehead atoms. The van der Waals surface area contributed by atoms with Crippen molar-refractivity contribution < 1.29 is 8.42 Å². The number of anilines is 1. The monoisotopic (exact) mass is 301 g/mol. The summed E-state index contributed by atoms with van der Waals surface area (Å²) in [5, 5.41) is 3.54. The third kappa shape index (κ3) is 3.45. The zero-order valence-corrected chi connectivity index (χ0v) is 12.8. The molecule has 110 valence electrons. The molecule has 4 heteroatoms. The lowest BCUT2D eigenvalue weighted by Crippen LogP contribution is -2.12. The number of nitrogens with one attached hydrogen (secondary N) is 1. The molecular weight excluding hydrogens is 282 g/mol. The van der Waals surface area contributed by atoms with Crippen LogP contribution in [0.4, 0.5) is 5.69 Å². The van der Waals surface area contributed by atoms with Crippen molar-refractivity contribution in [3.63, 3.8) is 0 Å². The highest BCUT2D eigenvalue weighted by Crippen LogP contribution is 2.42. The Balaban J connectivity index is 1.81. The van der Waals surface area contributed by atoms with E-state index in [1.807, 2.05) is 18.2 Å². The van der Waals surface area contributed by atoms with Crippen LogP contribution in [0.15, 0.2) is 59.5 Å². The van der Waals surface area contributed by atoms with Crippen LogP contribution in [-0.4, -0.2) is 14.7 Å². The third-order valence-electron chi connectivity index (χ3n) is 3.86. The van der Waals surface area contributed by atoms with Crippen molar-refractivity contribution in [1.82, 2.24) is 0 Å². The molecule has 21 heavy (non-hydrogen) atoms. The fraction of sp³-hybridized carbons (Fsp3) is 0.294. The van der Waals surface area contributed by atoms with Crippen LogP contribution in [0.25, 0.3) is 0 Å². The fourth-order valence-electron chi connectivity index (χ4n) is 2.54. The Bertz CT molecular complexity index is 704. The first-order valence-corrected chi connectivity index (χ1v) is 9.05. The number of sulfone groups is 1. The molecule has 2 aromatic carbocycles. The molecule has 2 aromatic rings. The Morgan fingerprint density at radius 1 is 1.00 bits per heavy atom. The van der Waals surface area contributed by atoms with Crippen molar-refractivity contribution in [2.45, 2.75) is 23.8 Å². The topological polar surface area (TPSA) is 46.2 Å². The molecule has 0 amide bonds. The van der Waals surface area contributed by atoms with Crippen molar-refractivity contribution in [2.75, 3.05) is 11.6 Å². The summed E-state index contributed by atoms with van der Waals surface area (Å²) in [4.78, 5) is 0.357. The molecule has 1 N–H and O–H groups in total. The minimum atomic E-state index is -3.13. The molecule has 1 atom stereocenters. The Labute approximate surface area is 125 Å². The first kappa shape index (κ1) is 14.1. The van der Waals surface area contributed by atoms with Gasteiger partial charge in [-0.2, -0.15) is 0 Å². The maximum Gasteiger partial charge on any atom is 0.175 e. The smallest absolute Gasteiger partial charge is 0.175 e. The van der Waals surface area contributed by atoms with Crippen molar-refractivity contribution >= 4 is 15.5 Å². The number of benzene rings is 2. The fourth-order valence-corrected chi connectivity index (χ4v) is 3.17. The van der Waals surface area contributed by atoms with E-state index in [4.69, 9.17) is 0 Å². The number of hydrogen-bond donors (Lipinski definition) is 1. The van der Waals surface area contributed by atoms with E-state index in [1.165, 1.54) is 24.7 Å². The molecule has 3 rings (SSSR count). The zero-order valence-electron chi connectivity index (χ0n) is 12.0. The Hall–Kier alpha value is -1.81. The van der Waals surface area contributed by atoms with E-state index >= 15 is 0 Å². The second-order valence-corrected chi connectivity index (χ2v) is 7.68. The highest BCUT2D eigenvalue weighted by Gasteiger charge is 2.32. The molecule has 3 nitrogen and oxygen atoms in total. The second kappa shape index (κ2) is 5.53. The lowest BCUT2D eigenvalue weighted by Gasteiger charge is -2.20. The van der Waals surface area contributed by atoms with Gasteiger partial charge in [0.1, 0.15) is 0 Å². The van der Waals surface area contributed by atoms with Crippen molar-refractivity contribution in [1.29, 1.82) is 0 Å². The van der Waals surface area contributed by atoms with Gasteiger partial charge in [-0.25, -0.2) is 8.42 Å². The second-order valence-electron chi connectivity index (χ2n) is 5.67. The van der Waals surface area contributed by atoms with E-state index in [-0.39, 0.29) is 0 Å². The van der Waals surface area contributed by atoms with Gasteiger partial charge in [-0.3, -0.25) is 0 Å². The molecule has 0 spiro atoms. The van der Waals surface area contributed by atoms with E-state index in [0.29, 0.717) is 16.9 Å². The van der Waals surface area contributed by atoms with Gasteiger partial charge in [0.25, 0.3) is 0 Å². The quantitative estimate of drug-likeness (QED) is 0.917. The van der Waals surface area contributed by atoms with Gasteiger partial charge in [-0.1, -0.05) is 30.3 Å². The van der Waals surface area contributed by atoms with Crippen LogP contribution in [0, 0.1) is 5.92 Å². The van der Waals surface area contributed by atoms with Crippen molar-refractivity contribution in [3.05, 3.63) is 60.2 Å². The van der Waals surface area contributed by atoms with Crippen LogP contribution < -0.4 is 5.32 Å². The summed E-state index contributed by atoms with van der Waals surface area (Å²) in [5.74, 6) is 0.669. The van der Waals surface area contributed by atoms with Crippen LogP contribution >= 0.6 is 0 Å². The van der Waals surface area contributed by atoms with Gasteiger partial charge in [-0.05, 0) is 48.6 Å². The van der Waals surface area contributed by atoms with Gasteiger partial charge >= 0.3 is 0 Å². The van der Waals surface area contributed by atoms with Gasteiger partial charge < -0.3 is 5.32 Å². The lowest BCUT2D eigenvalue weighted by molar-refractivity contribution is 0.602. The first-order valence-electron chi connectivity index (χ1n) is 7.15. The van der Waals surface area contributed by atoms with Gasteiger partial charge in [-0.15, -0.1) is 0 Å². The molecule has 0 radical (unpaired) electrons. The van der Waals surface area contributed by atoms with Crippen LogP contribution in [-0.2, 0) is 9.84 Å². The highest BCUT2D eigenvalue weighted by atomic mass is 32.2. The van der Waals surface area contributed by atoms with E-state index in [0.717, 1.165) is 5.69 Å². The maximum absolute atomic E-state index is 11.5.